The summed E-state index contributed by atoms with van der Waals surface area (Å²) in [6, 6.07) is 16.6. The van der Waals surface area contributed by atoms with Gasteiger partial charge < -0.3 is 15.5 Å². The Balaban J connectivity index is 1.54. The van der Waals surface area contributed by atoms with Gasteiger partial charge in [0.2, 0.25) is 5.95 Å². The van der Waals surface area contributed by atoms with E-state index in [1.165, 1.54) is 10.8 Å². The third kappa shape index (κ3) is 4.16. The SMILES string of the molecule is CCN(C(N)=O)C1CCCN(c2nccc(-c3ccc4ccccc4c3)n2)CC1. The lowest BCUT2D eigenvalue weighted by atomic mass is 10.1. The number of hydrogen-bond donors (Lipinski definition) is 1. The van der Waals surface area contributed by atoms with Crippen molar-refractivity contribution < 1.29 is 4.79 Å². The van der Waals surface area contributed by atoms with Crippen molar-refractivity contribution in [1.82, 2.24) is 14.9 Å². The lowest BCUT2D eigenvalue weighted by Crippen LogP contribution is -2.43. The second-order valence-electron chi connectivity index (χ2n) is 7.50. The van der Waals surface area contributed by atoms with Crippen molar-refractivity contribution >= 4 is 22.8 Å². The third-order valence-corrected chi connectivity index (χ3v) is 5.73. The predicted octanol–water partition coefficient (Wildman–Crippen LogP) is 4.06. The highest BCUT2D eigenvalue weighted by atomic mass is 16.2. The van der Waals surface area contributed by atoms with Gasteiger partial charge in [-0.2, -0.15) is 0 Å². The Kier molecular flexibility index (Phi) is 5.60. The number of hydrogen-bond acceptors (Lipinski definition) is 4. The first-order valence-corrected chi connectivity index (χ1v) is 10.3. The number of nitrogens with zero attached hydrogens (tertiary/aromatic N) is 4. The highest BCUT2D eigenvalue weighted by Crippen LogP contribution is 2.25. The average Bonchev–Trinajstić information content (AvgIpc) is 3.00. The number of benzene rings is 2. The van der Waals surface area contributed by atoms with Gasteiger partial charge in [0.1, 0.15) is 0 Å². The van der Waals surface area contributed by atoms with Gasteiger partial charge in [0, 0.05) is 37.4 Å². The molecule has 1 unspecified atom stereocenters. The Bertz CT molecular complexity index is 1010. The van der Waals surface area contributed by atoms with E-state index in [1.54, 1.807) is 4.90 Å². The van der Waals surface area contributed by atoms with E-state index >= 15 is 0 Å². The molecule has 0 bridgehead atoms. The standard InChI is InChI=1S/C23H27N5O/c1-2-28(22(24)29)20-8-5-14-27(15-12-20)23-25-13-11-21(26-23)19-10-9-17-6-3-4-7-18(17)16-19/h3-4,6-7,9-11,13,16,20H,2,5,8,12,14-15H2,1H3,(H2,24,29). The Morgan fingerprint density at radius 3 is 2.76 bits per heavy atom. The molecule has 0 saturated carbocycles. The number of nitrogens with two attached hydrogens (primary N) is 1. The summed E-state index contributed by atoms with van der Waals surface area (Å²) in [5.74, 6) is 0.749. The number of anilines is 1. The first-order chi connectivity index (χ1) is 14.2. The van der Waals surface area contributed by atoms with E-state index < -0.39 is 0 Å². The van der Waals surface area contributed by atoms with Gasteiger partial charge in [-0.25, -0.2) is 14.8 Å². The molecule has 6 heteroatoms. The number of carbonyl (C=O) groups is 1. The van der Waals surface area contributed by atoms with Crippen LogP contribution in [-0.2, 0) is 0 Å². The molecule has 2 aromatic carbocycles. The van der Waals surface area contributed by atoms with Crippen LogP contribution in [0.4, 0.5) is 10.7 Å². The van der Waals surface area contributed by atoms with Crippen molar-refractivity contribution in [3.05, 3.63) is 54.7 Å². The first kappa shape index (κ1) is 19.2. The van der Waals surface area contributed by atoms with Gasteiger partial charge in [0.15, 0.2) is 0 Å². The van der Waals surface area contributed by atoms with Crippen molar-refractivity contribution in [3.63, 3.8) is 0 Å². The van der Waals surface area contributed by atoms with E-state index in [-0.39, 0.29) is 12.1 Å². The van der Waals surface area contributed by atoms with Crippen molar-refractivity contribution in [3.8, 4) is 11.3 Å². The molecule has 0 aliphatic carbocycles. The number of carbonyl (C=O) groups excluding carboxylic acids is 1. The fraction of sp³-hybridized carbons (Fsp3) is 0.348. The predicted molar refractivity (Wildman–Crippen MR) is 117 cm³/mol. The second kappa shape index (κ2) is 8.47. The number of primary amides is 1. The van der Waals surface area contributed by atoms with Crippen LogP contribution < -0.4 is 10.6 Å². The number of rotatable bonds is 4. The molecule has 29 heavy (non-hydrogen) atoms. The first-order valence-electron chi connectivity index (χ1n) is 10.3. The monoisotopic (exact) mass is 389 g/mol. The number of aromatic nitrogens is 2. The Morgan fingerprint density at radius 2 is 1.97 bits per heavy atom. The molecular formula is C23H27N5O. The van der Waals surface area contributed by atoms with E-state index in [0.29, 0.717) is 6.54 Å². The number of fused-ring (bicyclic) bond motifs is 1. The molecule has 150 valence electrons. The van der Waals surface area contributed by atoms with Crippen molar-refractivity contribution in [2.45, 2.75) is 32.2 Å². The summed E-state index contributed by atoms with van der Waals surface area (Å²) in [6.45, 7) is 4.32. The van der Waals surface area contributed by atoms with Crippen molar-refractivity contribution in [2.24, 2.45) is 5.73 Å². The Hall–Kier alpha value is -3.15. The zero-order valence-corrected chi connectivity index (χ0v) is 16.8. The molecule has 6 nitrogen and oxygen atoms in total. The van der Waals surface area contributed by atoms with Gasteiger partial charge in [-0.3, -0.25) is 0 Å². The molecule has 0 radical (unpaired) electrons. The highest BCUT2D eigenvalue weighted by molar-refractivity contribution is 5.86. The van der Waals surface area contributed by atoms with E-state index in [2.05, 4.69) is 52.3 Å². The van der Waals surface area contributed by atoms with Gasteiger partial charge >= 0.3 is 6.03 Å². The zero-order chi connectivity index (χ0) is 20.2. The molecule has 1 saturated heterocycles. The van der Waals surface area contributed by atoms with E-state index in [9.17, 15) is 4.79 Å². The maximum absolute atomic E-state index is 11.7. The molecule has 1 fully saturated rings. The largest absolute Gasteiger partial charge is 0.351 e. The Morgan fingerprint density at radius 1 is 1.14 bits per heavy atom. The molecule has 4 rings (SSSR count). The van der Waals surface area contributed by atoms with E-state index in [1.807, 2.05) is 19.2 Å². The zero-order valence-electron chi connectivity index (χ0n) is 16.8. The van der Waals surface area contributed by atoms with Crippen LogP contribution in [0.5, 0.6) is 0 Å². The van der Waals surface area contributed by atoms with Gasteiger partial charge in [-0.15, -0.1) is 0 Å². The molecule has 1 aliphatic heterocycles. The molecule has 2 heterocycles. The minimum atomic E-state index is -0.333. The quantitative estimate of drug-likeness (QED) is 0.730. The fourth-order valence-electron chi connectivity index (χ4n) is 4.19. The summed E-state index contributed by atoms with van der Waals surface area (Å²) in [4.78, 5) is 25.1. The molecule has 3 aromatic rings. The summed E-state index contributed by atoms with van der Waals surface area (Å²) in [5.41, 5.74) is 7.56. The lowest BCUT2D eigenvalue weighted by molar-refractivity contribution is 0.181. The van der Waals surface area contributed by atoms with Crippen molar-refractivity contribution in [1.29, 1.82) is 0 Å². The van der Waals surface area contributed by atoms with Crippen LogP contribution in [0.2, 0.25) is 0 Å². The van der Waals surface area contributed by atoms with Crippen LogP contribution in [0.15, 0.2) is 54.7 Å². The van der Waals surface area contributed by atoms with Crippen LogP contribution >= 0.6 is 0 Å². The summed E-state index contributed by atoms with van der Waals surface area (Å²) >= 11 is 0. The van der Waals surface area contributed by atoms with Gasteiger partial charge in [-0.05, 0) is 49.1 Å². The van der Waals surface area contributed by atoms with Crippen LogP contribution in [0.25, 0.3) is 22.0 Å². The maximum atomic E-state index is 11.7. The maximum Gasteiger partial charge on any atom is 0.315 e. The molecule has 1 aliphatic rings. The smallest absolute Gasteiger partial charge is 0.315 e. The van der Waals surface area contributed by atoms with Crippen LogP contribution in [0.1, 0.15) is 26.2 Å². The topological polar surface area (TPSA) is 75.3 Å². The van der Waals surface area contributed by atoms with Gasteiger partial charge in [-0.1, -0.05) is 36.4 Å². The normalized spacial score (nSPS) is 17.1. The summed E-state index contributed by atoms with van der Waals surface area (Å²) in [5, 5.41) is 2.42. The number of urea groups is 1. The minimum Gasteiger partial charge on any atom is -0.351 e. The Labute approximate surface area is 171 Å². The van der Waals surface area contributed by atoms with E-state index in [0.717, 1.165) is 49.6 Å². The molecule has 2 N–H and O–H groups in total. The molecule has 0 spiro atoms. The molecular weight excluding hydrogens is 362 g/mol. The van der Waals surface area contributed by atoms with Crippen LogP contribution in [-0.4, -0.2) is 46.6 Å². The summed E-state index contributed by atoms with van der Waals surface area (Å²) in [6.07, 6.45) is 4.65. The van der Waals surface area contributed by atoms with Crippen LogP contribution in [0.3, 0.4) is 0 Å². The summed E-state index contributed by atoms with van der Waals surface area (Å²) in [7, 11) is 0. The molecule has 1 atom stereocenters. The lowest BCUT2D eigenvalue weighted by Gasteiger charge is -2.28. The van der Waals surface area contributed by atoms with Gasteiger partial charge in [0.25, 0.3) is 0 Å². The van der Waals surface area contributed by atoms with Crippen molar-refractivity contribution in [2.75, 3.05) is 24.5 Å². The highest BCUT2D eigenvalue weighted by Gasteiger charge is 2.25. The number of amides is 2. The van der Waals surface area contributed by atoms with Crippen LogP contribution in [0, 0.1) is 0 Å². The molecule has 2 amide bonds. The average molecular weight is 390 g/mol. The molecule has 1 aromatic heterocycles. The minimum absolute atomic E-state index is 0.186. The third-order valence-electron chi connectivity index (χ3n) is 5.73. The van der Waals surface area contributed by atoms with Gasteiger partial charge in [0.05, 0.1) is 5.69 Å². The summed E-state index contributed by atoms with van der Waals surface area (Å²) < 4.78 is 0. The second-order valence-corrected chi connectivity index (χ2v) is 7.50. The van der Waals surface area contributed by atoms with E-state index in [4.69, 9.17) is 10.7 Å². The fourth-order valence-corrected chi connectivity index (χ4v) is 4.19.